The van der Waals surface area contributed by atoms with E-state index in [1.165, 1.54) is 5.56 Å². The van der Waals surface area contributed by atoms with Crippen molar-refractivity contribution in [2.24, 2.45) is 0 Å². The number of rotatable bonds is 3. The van der Waals surface area contributed by atoms with E-state index in [0.29, 0.717) is 6.04 Å². The molecule has 17 heavy (non-hydrogen) atoms. The largest absolute Gasteiger partial charge is 0.382 e. The lowest BCUT2D eigenvalue weighted by Crippen LogP contribution is -2.10. The first kappa shape index (κ1) is 12.0. The summed E-state index contributed by atoms with van der Waals surface area (Å²) in [5, 5.41) is 4.21. The van der Waals surface area contributed by atoms with Gasteiger partial charge >= 0.3 is 0 Å². The van der Waals surface area contributed by atoms with Gasteiger partial charge in [0.25, 0.3) is 0 Å². The fraction of sp³-hybridized carbons (Fsp3) is 0.200. The average Bonchev–Trinajstić information content (AvgIpc) is 2.29. The Morgan fingerprint density at radius 1 is 1.00 bits per heavy atom. The molecule has 0 aromatic heterocycles. The normalized spacial score (nSPS) is 10.6. The Bertz CT molecular complexity index is 506. The van der Waals surface area contributed by atoms with E-state index in [9.17, 15) is 0 Å². The zero-order valence-electron chi connectivity index (χ0n) is 10.1. The maximum absolute atomic E-state index is 6.03. The first-order valence-electron chi connectivity index (χ1n) is 5.78. The maximum Gasteiger partial charge on any atom is 0.0421 e. The van der Waals surface area contributed by atoms with Gasteiger partial charge in [-0.25, -0.2) is 0 Å². The Balaban J connectivity index is 2.44. The summed E-state index contributed by atoms with van der Waals surface area (Å²) >= 11 is 6.03. The van der Waals surface area contributed by atoms with Crippen molar-refractivity contribution in [1.29, 1.82) is 0 Å². The van der Waals surface area contributed by atoms with Crippen LogP contribution in [-0.2, 0) is 0 Å². The summed E-state index contributed by atoms with van der Waals surface area (Å²) < 4.78 is 0. The van der Waals surface area contributed by atoms with Crippen LogP contribution in [-0.4, -0.2) is 6.04 Å². The molecule has 0 unspecified atom stereocenters. The van der Waals surface area contributed by atoms with Gasteiger partial charge in [0.1, 0.15) is 0 Å². The number of halogens is 1. The lowest BCUT2D eigenvalue weighted by molar-refractivity contribution is 0.900. The van der Waals surface area contributed by atoms with Gasteiger partial charge in [-0.15, -0.1) is 0 Å². The highest BCUT2D eigenvalue weighted by Gasteiger charge is 2.05. The van der Waals surface area contributed by atoms with Crippen LogP contribution < -0.4 is 5.32 Å². The molecule has 1 N–H and O–H groups in total. The molecule has 0 bridgehead atoms. The van der Waals surface area contributed by atoms with Crippen molar-refractivity contribution < 1.29 is 0 Å². The Morgan fingerprint density at radius 2 is 1.76 bits per heavy atom. The molecule has 0 aliphatic heterocycles. The van der Waals surface area contributed by atoms with Crippen LogP contribution in [0, 0.1) is 0 Å². The molecule has 0 amide bonds. The summed E-state index contributed by atoms with van der Waals surface area (Å²) in [6.07, 6.45) is 0. The number of nitrogens with one attached hydrogen (secondary N) is 1. The Morgan fingerprint density at radius 3 is 2.47 bits per heavy atom. The number of para-hydroxylation sites is 1. The van der Waals surface area contributed by atoms with E-state index in [0.717, 1.165) is 16.3 Å². The van der Waals surface area contributed by atoms with Gasteiger partial charge in [0.15, 0.2) is 0 Å². The van der Waals surface area contributed by atoms with E-state index in [4.69, 9.17) is 11.6 Å². The molecule has 0 saturated heterocycles. The third kappa shape index (κ3) is 3.01. The van der Waals surface area contributed by atoms with Crippen LogP contribution in [0.15, 0.2) is 48.5 Å². The molecule has 0 fully saturated rings. The number of anilines is 1. The van der Waals surface area contributed by atoms with Crippen molar-refractivity contribution >= 4 is 17.3 Å². The third-order valence-electron chi connectivity index (χ3n) is 2.51. The summed E-state index contributed by atoms with van der Waals surface area (Å²) in [6, 6.07) is 16.6. The van der Waals surface area contributed by atoms with Gasteiger partial charge in [0, 0.05) is 22.3 Å². The zero-order chi connectivity index (χ0) is 12.3. The van der Waals surface area contributed by atoms with Crippen LogP contribution in [0.3, 0.4) is 0 Å². The Kier molecular flexibility index (Phi) is 3.70. The van der Waals surface area contributed by atoms with E-state index >= 15 is 0 Å². The van der Waals surface area contributed by atoms with Gasteiger partial charge in [-0.1, -0.05) is 41.9 Å². The van der Waals surface area contributed by atoms with Gasteiger partial charge in [-0.2, -0.15) is 0 Å². The van der Waals surface area contributed by atoms with Crippen LogP contribution in [0.1, 0.15) is 13.8 Å². The predicted molar refractivity (Wildman–Crippen MR) is 75.6 cm³/mol. The molecular formula is C15H16ClN. The van der Waals surface area contributed by atoms with E-state index in [1.54, 1.807) is 0 Å². The summed E-state index contributed by atoms with van der Waals surface area (Å²) in [4.78, 5) is 0. The molecule has 2 heteroatoms. The predicted octanol–water partition coefficient (Wildman–Crippen LogP) is 4.83. The van der Waals surface area contributed by atoms with Gasteiger partial charge < -0.3 is 5.32 Å². The first-order chi connectivity index (χ1) is 8.16. The van der Waals surface area contributed by atoms with Gasteiger partial charge in [0.05, 0.1) is 0 Å². The summed E-state index contributed by atoms with van der Waals surface area (Å²) in [5.41, 5.74) is 3.47. The van der Waals surface area contributed by atoms with E-state index < -0.39 is 0 Å². The molecule has 0 saturated carbocycles. The van der Waals surface area contributed by atoms with Crippen molar-refractivity contribution in [3.63, 3.8) is 0 Å². The molecule has 0 atom stereocenters. The minimum atomic E-state index is 0.412. The fourth-order valence-electron chi connectivity index (χ4n) is 1.83. The van der Waals surface area contributed by atoms with E-state index in [-0.39, 0.29) is 0 Å². The van der Waals surface area contributed by atoms with Gasteiger partial charge in [-0.3, -0.25) is 0 Å². The zero-order valence-corrected chi connectivity index (χ0v) is 10.8. The molecule has 0 heterocycles. The highest BCUT2D eigenvalue weighted by Crippen LogP contribution is 2.29. The van der Waals surface area contributed by atoms with Gasteiger partial charge in [-0.05, 0) is 37.6 Å². The SMILES string of the molecule is CC(C)Nc1ccccc1-c1cccc(Cl)c1. The highest BCUT2D eigenvalue weighted by molar-refractivity contribution is 6.30. The lowest BCUT2D eigenvalue weighted by atomic mass is 10.0. The smallest absolute Gasteiger partial charge is 0.0421 e. The highest BCUT2D eigenvalue weighted by atomic mass is 35.5. The fourth-order valence-corrected chi connectivity index (χ4v) is 2.02. The Hall–Kier alpha value is -1.47. The molecule has 0 aliphatic carbocycles. The maximum atomic E-state index is 6.03. The topological polar surface area (TPSA) is 12.0 Å². The van der Waals surface area contributed by atoms with Crippen LogP contribution >= 0.6 is 11.6 Å². The Labute approximate surface area is 107 Å². The molecule has 2 rings (SSSR count). The van der Waals surface area contributed by atoms with Crippen molar-refractivity contribution in [2.45, 2.75) is 19.9 Å². The van der Waals surface area contributed by atoms with E-state index in [1.807, 2.05) is 30.3 Å². The molecule has 88 valence electrons. The molecule has 1 nitrogen and oxygen atoms in total. The molecule has 0 aliphatic rings. The van der Waals surface area contributed by atoms with Gasteiger partial charge in [0.2, 0.25) is 0 Å². The second-order valence-electron chi connectivity index (χ2n) is 4.35. The second kappa shape index (κ2) is 5.24. The van der Waals surface area contributed by atoms with Crippen molar-refractivity contribution in [3.8, 4) is 11.1 Å². The summed E-state index contributed by atoms with van der Waals surface area (Å²) in [6.45, 7) is 4.27. The van der Waals surface area contributed by atoms with Crippen molar-refractivity contribution in [3.05, 3.63) is 53.6 Å². The van der Waals surface area contributed by atoms with Crippen LogP contribution in [0.4, 0.5) is 5.69 Å². The summed E-state index contributed by atoms with van der Waals surface area (Å²) in [7, 11) is 0. The third-order valence-corrected chi connectivity index (χ3v) is 2.74. The lowest BCUT2D eigenvalue weighted by Gasteiger charge is -2.15. The minimum absolute atomic E-state index is 0.412. The molecule has 2 aromatic rings. The van der Waals surface area contributed by atoms with E-state index in [2.05, 4.69) is 37.4 Å². The average molecular weight is 246 g/mol. The van der Waals surface area contributed by atoms with Crippen molar-refractivity contribution in [1.82, 2.24) is 0 Å². The second-order valence-corrected chi connectivity index (χ2v) is 4.79. The van der Waals surface area contributed by atoms with Crippen LogP contribution in [0.5, 0.6) is 0 Å². The first-order valence-corrected chi connectivity index (χ1v) is 6.16. The number of benzene rings is 2. The number of hydrogen-bond acceptors (Lipinski definition) is 1. The molecular weight excluding hydrogens is 230 g/mol. The quantitative estimate of drug-likeness (QED) is 0.817. The van der Waals surface area contributed by atoms with Crippen molar-refractivity contribution in [2.75, 3.05) is 5.32 Å². The summed E-state index contributed by atoms with van der Waals surface area (Å²) in [5.74, 6) is 0. The standard InChI is InChI=1S/C15H16ClN/c1-11(2)17-15-9-4-3-8-14(15)12-6-5-7-13(16)10-12/h3-11,17H,1-2H3. The molecule has 0 radical (unpaired) electrons. The van der Waals surface area contributed by atoms with Crippen LogP contribution in [0.2, 0.25) is 5.02 Å². The molecule has 0 spiro atoms. The number of hydrogen-bond donors (Lipinski definition) is 1. The molecule has 2 aromatic carbocycles. The minimum Gasteiger partial charge on any atom is -0.382 e. The van der Waals surface area contributed by atoms with Crippen LogP contribution in [0.25, 0.3) is 11.1 Å². The monoisotopic (exact) mass is 245 g/mol.